The van der Waals surface area contributed by atoms with Crippen molar-refractivity contribution < 1.29 is 19.3 Å². The summed E-state index contributed by atoms with van der Waals surface area (Å²) in [6.07, 6.45) is 0.400. The largest absolute Gasteiger partial charge is 0.456 e. The molecule has 0 amide bonds. The monoisotopic (exact) mass is 199 g/mol. The molecule has 1 saturated heterocycles. The molecule has 5 heteroatoms. The molecule has 0 aliphatic carbocycles. The van der Waals surface area contributed by atoms with Gasteiger partial charge in [-0.15, -0.1) is 0 Å². The number of nitriles is 1. The first-order valence-corrected chi connectivity index (χ1v) is 4.37. The maximum absolute atomic E-state index is 11.5. The quantitative estimate of drug-likeness (QED) is 0.389. The first-order valence-electron chi connectivity index (χ1n) is 4.37. The Morgan fingerprint density at radius 3 is 2.43 bits per heavy atom. The minimum atomic E-state index is -1.32. The van der Waals surface area contributed by atoms with Crippen molar-refractivity contribution in [3.8, 4) is 6.07 Å². The van der Waals surface area contributed by atoms with Crippen LogP contribution in [0.25, 0.3) is 0 Å². The van der Waals surface area contributed by atoms with Gasteiger partial charge in [-0.1, -0.05) is 0 Å². The summed E-state index contributed by atoms with van der Waals surface area (Å²) < 4.78 is 5.06. The predicted octanol–water partition coefficient (Wildman–Crippen LogP) is 1.29. The molecule has 0 unspecified atom stereocenters. The lowest BCUT2D eigenvalue weighted by molar-refractivity contribution is -0.162. The van der Waals surface area contributed by atoms with Crippen molar-refractivity contribution in [2.45, 2.75) is 45.0 Å². The van der Waals surface area contributed by atoms with Gasteiger partial charge in [-0.25, -0.2) is 4.79 Å². The summed E-state index contributed by atoms with van der Waals surface area (Å²) in [7, 11) is 0. The van der Waals surface area contributed by atoms with E-state index in [9.17, 15) is 4.79 Å². The van der Waals surface area contributed by atoms with Crippen LogP contribution in [-0.2, 0) is 19.3 Å². The molecule has 1 rings (SSSR count). The van der Waals surface area contributed by atoms with Gasteiger partial charge in [0, 0.05) is 12.8 Å². The average Bonchev–Trinajstić information content (AvgIpc) is 2.78. The number of esters is 1. The van der Waals surface area contributed by atoms with E-state index in [1.165, 1.54) is 0 Å². The van der Waals surface area contributed by atoms with Gasteiger partial charge in [-0.05, 0) is 20.8 Å². The summed E-state index contributed by atoms with van der Waals surface area (Å²) in [4.78, 5) is 20.6. The summed E-state index contributed by atoms with van der Waals surface area (Å²) >= 11 is 0. The first-order chi connectivity index (χ1) is 6.40. The number of hydrogen-bond acceptors (Lipinski definition) is 5. The minimum Gasteiger partial charge on any atom is -0.456 e. The lowest BCUT2D eigenvalue weighted by atomic mass is 10.1. The van der Waals surface area contributed by atoms with Crippen LogP contribution in [0.5, 0.6) is 0 Å². The molecule has 14 heavy (non-hydrogen) atoms. The summed E-state index contributed by atoms with van der Waals surface area (Å²) in [6, 6.07) is 1.91. The van der Waals surface area contributed by atoms with Crippen molar-refractivity contribution >= 4 is 5.97 Å². The van der Waals surface area contributed by atoms with E-state index in [2.05, 4.69) is 9.78 Å². The molecule has 5 nitrogen and oxygen atoms in total. The Labute approximate surface area is 82.5 Å². The van der Waals surface area contributed by atoms with Gasteiger partial charge in [0.05, 0.1) is 6.07 Å². The second-order valence-electron chi connectivity index (χ2n) is 4.08. The third-order valence-electron chi connectivity index (χ3n) is 1.56. The van der Waals surface area contributed by atoms with E-state index in [4.69, 9.17) is 10.00 Å². The van der Waals surface area contributed by atoms with Crippen molar-refractivity contribution in [2.24, 2.45) is 0 Å². The van der Waals surface area contributed by atoms with E-state index < -0.39 is 17.4 Å². The fourth-order valence-electron chi connectivity index (χ4n) is 0.880. The third-order valence-corrected chi connectivity index (χ3v) is 1.56. The van der Waals surface area contributed by atoms with Gasteiger partial charge in [-0.3, -0.25) is 0 Å². The topological polar surface area (TPSA) is 75.2 Å². The number of carbonyl (C=O) groups is 1. The maximum Gasteiger partial charge on any atom is 0.373 e. The molecule has 1 aliphatic heterocycles. The molecule has 1 aliphatic rings. The van der Waals surface area contributed by atoms with Crippen LogP contribution >= 0.6 is 0 Å². The van der Waals surface area contributed by atoms with Crippen LogP contribution in [0.15, 0.2) is 0 Å². The SMILES string of the molecule is CC(C)(C)OC(=O)C1(CCC#N)OO1. The van der Waals surface area contributed by atoms with Gasteiger partial charge in [-0.2, -0.15) is 15.0 Å². The lowest BCUT2D eigenvalue weighted by Crippen LogP contribution is -2.34. The lowest BCUT2D eigenvalue weighted by Gasteiger charge is -2.20. The molecule has 0 aromatic rings. The van der Waals surface area contributed by atoms with Gasteiger partial charge in [0.2, 0.25) is 0 Å². The van der Waals surface area contributed by atoms with E-state index >= 15 is 0 Å². The minimum absolute atomic E-state index is 0.194. The van der Waals surface area contributed by atoms with Crippen molar-refractivity contribution in [1.29, 1.82) is 5.26 Å². The van der Waals surface area contributed by atoms with Crippen molar-refractivity contribution in [2.75, 3.05) is 0 Å². The maximum atomic E-state index is 11.5. The zero-order valence-electron chi connectivity index (χ0n) is 8.49. The Bertz CT molecular complexity index is 270. The highest BCUT2D eigenvalue weighted by Crippen LogP contribution is 2.36. The van der Waals surface area contributed by atoms with E-state index in [-0.39, 0.29) is 12.8 Å². The van der Waals surface area contributed by atoms with Gasteiger partial charge in [0.25, 0.3) is 0 Å². The second-order valence-corrected chi connectivity index (χ2v) is 4.08. The highest BCUT2D eigenvalue weighted by atomic mass is 17.4. The highest BCUT2D eigenvalue weighted by molar-refractivity contribution is 5.79. The van der Waals surface area contributed by atoms with E-state index in [0.29, 0.717) is 0 Å². The van der Waals surface area contributed by atoms with Crippen molar-refractivity contribution in [1.82, 2.24) is 0 Å². The normalized spacial score (nSPS) is 18.4. The number of rotatable bonds is 3. The molecular formula is C9H13NO4. The molecular weight excluding hydrogens is 186 g/mol. The number of nitrogens with zero attached hydrogens (tertiary/aromatic N) is 1. The van der Waals surface area contributed by atoms with Crippen LogP contribution in [0, 0.1) is 11.3 Å². The number of ether oxygens (including phenoxy) is 1. The Kier molecular flexibility index (Phi) is 2.79. The van der Waals surface area contributed by atoms with Gasteiger partial charge >= 0.3 is 11.8 Å². The molecule has 0 spiro atoms. The summed E-state index contributed by atoms with van der Waals surface area (Å²) in [5.41, 5.74) is -0.577. The standard InChI is InChI=1S/C9H13NO4/c1-8(2,3)12-7(11)9(13-14-9)5-4-6-10/h4-5H2,1-3H3. The van der Waals surface area contributed by atoms with Crippen LogP contribution in [0.3, 0.4) is 0 Å². The zero-order chi connectivity index (χ0) is 10.8. The fraction of sp³-hybridized carbons (Fsp3) is 0.778. The van der Waals surface area contributed by atoms with E-state index in [1.807, 2.05) is 6.07 Å². The van der Waals surface area contributed by atoms with Crippen molar-refractivity contribution in [3.63, 3.8) is 0 Å². The first kappa shape index (κ1) is 11.0. The van der Waals surface area contributed by atoms with Crippen molar-refractivity contribution in [3.05, 3.63) is 0 Å². The Morgan fingerprint density at radius 1 is 1.50 bits per heavy atom. The van der Waals surface area contributed by atoms with Gasteiger partial charge < -0.3 is 4.74 Å². The molecule has 0 radical (unpaired) electrons. The molecule has 0 bridgehead atoms. The fourth-order valence-corrected chi connectivity index (χ4v) is 0.880. The smallest absolute Gasteiger partial charge is 0.373 e. The van der Waals surface area contributed by atoms with Crippen LogP contribution in [0.2, 0.25) is 0 Å². The second kappa shape index (κ2) is 3.56. The molecule has 0 saturated carbocycles. The number of hydrogen-bond donors (Lipinski definition) is 0. The Hall–Kier alpha value is -1.12. The number of carbonyl (C=O) groups excluding carboxylic acids is 1. The molecule has 78 valence electrons. The summed E-state index contributed by atoms with van der Waals surface area (Å²) in [5.74, 6) is -1.89. The van der Waals surface area contributed by atoms with Crippen LogP contribution in [-0.4, -0.2) is 17.4 Å². The van der Waals surface area contributed by atoms with Crippen LogP contribution in [0.4, 0.5) is 0 Å². The Morgan fingerprint density at radius 2 is 2.07 bits per heavy atom. The van der Waals surface area contributed by atoms with Gasteiger partial charge in [0.1, 0.15) is 5.60 Å². The predicted molar refractivity (Wildman–Crippen MR) is 45.6 cm³/mol. The zero-order valence-corrected chi connectivity index (χ0v) is 8.49. The highest BCUT2D eigenvalue weighted by Gasteiger charge is 2.58. The van der Waals surface area contributed by atoms with Crippen LogP contribution in [0.1, 0.15) is 33.6 Å². The Balaban J connectivity index is 2.49. The molecule has 0 aromatic carbocycles. The van der Waals surface area contributed by atoms with E-state index in [1.54, 1.807) is 20.8 Å². The molecule has 0 atom stereocenters. The van der Waals surface area contributed by atoms with Gasteiger partial charge in [0.15, 0.2) is 0 Å². The van der Waals surface area contributed by atoms with Crippen LogP contribution < -0.4 is 0 Å². The molecule has 1 fully saturated rings. The molecule has 0 N–H and O–H groups in total. The average molecular weight is 199 g/mol. The summed E-state index contributed by atoms with van der Waals surface area (Å²) in [5, 5.41) is 8.36. The third kappa shape index (κ3) is 2.69. The molecule has 1 heterocycles. The molecule has 0 aromatic heterocycles. The van der Waals surface area contributed by atoms with E-state index in [0.717, 1.165) is 0 Å². The summed E-state index contributed by atoms with van der Waals surface area (Å²) in [6.45, 7) is 5.27.